The molecule has 0 unspecified atom stereocenters. The van der Waals surface area contributed by atoms with E-state index < -0.39 is 5.91 Å². The van der Waals surface area contributed by atoms with Crippen molar-refractivity contribution in [3.63, 3.8) is 0 Å². The van der Waals surface area contributed by atoms with Crippen molar-refractivity contribution in [3.05, 3.63) is 88.8 Å². The van der Waals surface area contributed by atoms with E-state index in [-0.39, 0.29) is 22.7 Å². The maximum absolute atomic E-state index is 13.0. The molecule has 0 bridgehead atoms. The number of carbonyl (C=O) groups is 3. The Bertz CT molecular complexity index is 1260. The van der Waals surface area contributed by atoms with Crippen molar-refractivity contribution >= 4 is 46.3 Å². The molecule has 0 aromatic heterocycles. The fraction of sp³-hybridized carbons (Fsp3) is 0.115. The largest absolute Gasteiger partial charge is 0.493 e. The van der Waals surface area contributed by atoms with Gasteiger partial charge < -0.3 is 14.8 Å². The first-order valence-electron chi connectivity index (χ1n) is 10.5. The summed E-state index contributed by atoms with van der Waals surface area (Å²) in [6.45, 7) is 1.70. The number of nitrogens with zero attached hydrogens (tertiary/aromatic N) is 1. The summed E-state index contributed by atoms with van der Waals surface area (Å²) in [6.07, 6.45) is 1.57. The lowest BCUT2D eigenvalue weighted by atomic mass is 10.1. The molecule has 172 valence electrons. The van der Waals surface area contributed by atoms with Gasteiger partial charge >= 0.3 is 0 Å². The van der Waals surface area contributed by atoms with Gasteiger partial charge in [0.2, 0.25) is 0 Å². The van der Waals surface area contributed by atoms with Gasteiger partial charge in [-0.05, 0) is 55.1 Å². The van der Waals surface area contributed by atoms with E-state index in [4.69, 9.17) is 9.47 Å². The standard InChI is InChI=1S/C26H22N2O5S/c1-17-11-13-19(14-12-17)27-23(29)16-33-24-18(7-6-10-21(24)32-2)15-22-25(30)28(26(31)34-22)20-8-4-3-5-9-20/h3-15H,16H2,1-2H3,(H,27,29)/b22-15+. The van der Waals surface area contributed by atoms with Crippen LogP contribution in [0.5, 0.6) is 11.5 Å². The Labute approximate surface area is 201 Å². The van der Waals surface area contributed by atoms with E-state index in [0.717, 1.165) is 22.2 Å². The third-order valence-electron chi connectivity index (χ3n) is 5.01. The fourth-order valence-electron chi connectivity index (χ4n) is 3.34. The molecule has 1 aliphatic rings. The number of methoxy groups -OCH3 is 1. The molecule has 3 amide bonds. The predicted octanol–water partition coefficient (Wildman–Crippen LogP) is 5.26. The number of anilines is 2. The van der Waals surface area contributed by atoms with E-state index in [0.29, 0.717) is 28.4 Å². The Hall–Kier alpha value is -4.04. The van der Waals surface area contributed by atoms with Gasteiger partial charge in [0.25, 0.3) is 17.1 Å². The van der Waals surface area contributed by atoms with E-state index in [2.05, 4.69) is 5.32 Å². The Morgan fingerprint density at radius 3 is 2.44 bits per heavy atom. The smallest absolute Gasteiger partial charge is 0.298 e. The number of imide groups is 1. The lowest BCUT2D eigenvalue weighted by molar-refractivity contribution is -0.118. The third kappa shape index (κ3) is 5.13. The Kier molecular flexibility index (Phi) is 6.98. The number of ether oxygens (including phenoxy) is 2. The van der Waals surface area contributed by atoms with Crippen LogP contribution in [0.4, 0.5) is 16.2 Å². The zero-order valence-corrected chi connectivity index (χ0v) is 19.4. The maximum atomic E-state index is 13.0. The first kappa shape index (κ1) is 23.1. The van der Waals surface area contributed by atoms with E-state index in [1.807, 2.05) is 37.3 Å². The number of thioether (sulfide) groups is 1. The van der Waals surface area contributed by atoms with Crippen LogP contribution in [0.15, 0.2) is 77.7 Å². The molecule has 1 N–H and O–H groups in total. The number of para-hydroxylation sites is 2. The number of carbonyl (C=O) groups excluding carboxylic acids is 3. The summed E-state index contributed by atoms with van der Waals surface area (Å²) in [5, 5.41) is 2.39. The summed E-state index contributed by atoms with van der Waals surface area (Å²) in [7, 11) is 1.49. The minimum Gasteiger partial charge on any atom is -0.493 e. The molecule has 1 saturated heterocycles. The molecule has 0 spiro atoms. The monoisotopic (exact) mass is 474 g/mol. The first-order chi connectivity index (χ1) is 16.5. The van der Waals surface area contributed by atoms with Crippen LogP contribution in [0.25, 0.3) is 6.08 Å². The molecule has 7 nitrogen and oxygen atoms in total. The van der Waals surface area contributed by atoms with Gasteiger partial charge in [0.05, 0.1) is 17.7 Å². The van der Waals surface area contributed by atoms with Crippen molar-refractivity contribution in [3.8, 4) is 11.5 Å². The van der Waals surface area contributed by atoms with Crippen LogP contribution >= 0.6 is 11.8 Å². The van der Waals surface area contributed by atoms with Crippen molar-refractivity contribution in [1.82, 2.24) is 0 Å². The zero-order chi connectivity index (χ0) is 24.1. The SMILES string of the molecule is COc1cccc(/C=C2/SC(=O)N(c3ccccc3)C2=O)c1OCC(=O)Nc1ccc(C)cc1. The van der Waals surface area contributed by atoms with Crippen LogP contribution < -0.4 is 19.7 Å². The summed E-state index contributed by atoms with van der Waals surface area (Å²) in [4.78, 5) is 39.3. The highest BCUT2D eigenvalue weighted by molar-refractivity contribution is 8.19. The van der Waals surface area contributed by atoms with Gasteiger partial charge in [-0.25, -0.2) is 4.90 Å². The number of rotatable bonds is 7. The summed E-state index contributed by atoms with van der Waals surface area (Å²) >= 11 is 0.844. The molecule has 0 saturated carbocycles. The lowest BCUT2D eigenvalue weighted by Gasteiger charge is -2.14. The highest BCUT2D eigenvalue weighted by Gasteiger charge is 2.36. The molecular weight excluding hydrogens is 452 g/mol. The van der Waals surface area contributed by atoms with Gasteiger partial charge in [0.1, 0.15) is 0 Å². The van der Waals surface area contributed by atoms with Gasteiger partial charge in [0, 0.05) is 11.3 Å². The number of aryl methyl sites for hydroxylation is 1. The van der Waals surface area contributed by atoms with Crippen LogP contribution in [-0.2, 0) is 9.59 Å². The average molecular weight is 475 g/mol. The Morgan fingerprint density at radius 1 is 1.00 bits per heavy atom. The molecule has 34 heavy (non-hydrogen) atoms. The molecule has 0 atom stereocenters. The van der Waals surface area contributed by atoms with Crippen molar-refractivity contribution < 1.29 is 23.9 Å². The number of nitrogens with one attached hydrogen (secondary N) is 1. The normalized spacial score (nSPS) is 14.4. The molecule has 3 aromatic rings. The number of amides is 3. The highest BCUT2D eigenvalue weighted by Crippen LogP contribution is 2.39. The van der Waals surface area contributed by atoms with Gasteiger partial charge in [-0.15, -0.1) is 0 Å². The van der Waals surface area contributed by atoms with Crippen LogP contribution in [-0.4, -0.2) is 30.8 Å². The third-order valence-corrected chi connectivity index (χ3v) is 5.88. The molecule has 8 heteroatoms. The summed E-state index contributed by atoms with van der Waals surface area (Å²) in [5.74, 6) is -0.0630. The summed E-state index contributed by atoms with van der Waals surface area (Å²) in [6, 6.07) is 21.3. The van der Waals surface area contributed by atoms with Gasteiger partial charge in [0.15, 0.2) is 18.1 Å². The zero-order valence-electron chi connectivity index (χ0n) is 18.6. The van der Waals surface area contributed by atoms with Gasteiger partial charge in [-0.3, -0.25) is 14.4 Å². The van der Waals surface area contributed by atoms with E-state index in [1.54, 1.807) is 48.5 Å². The van der Waals surface area contributed by atoms with Crippen LogP contribution in [0.2, 0.25) is 0 Å². The second-order valence-corrected chi connectivity index (χ2v) is 8.43. The molecule has 1 fully saturated rings. The average Bonchev–Trinajstić information content (AvgIpc) is 3.12. The highest BCUT2D eigenvalue weighted by atomic mass is 32.2. The van der Waals surface area contributed by atoms with Gasteiger partial charge in [-0.2, -0.15) is 0 Å². The number of benzene rings is 3. The predicted molar refractivity (Wildman–Crippen MR) is 133 cm³/mol. The van der Waals surface area contributed by atoms with Crippen LogP contribution in [0, 0.1) is 6.92 Å². The minimum absolute atomic E-state index is 0.246. The van der Waals surface area contributed by atoms with Crippen molar-refractivity contribution in [2.24, 2.45) is 0 Å². The van der Waals surface area contributed by atoms with Crippen molar-refractivity contribution in [2.45, 2.75) is 6.92 Å². The number of hydrogen-bond donors (Lipinski definition) is 1. The Balaban J connectivity index is 1.54. The molecule has 0 radical (unpaired) electrons. The molecule has 3 aromatic carbocycles. The molecule has 1 aliphatic heterocycles. The van der Waals surface area contributed by atoms with Crippen molar-refractivity contribution in [2.75, 3.05) is 23.9 Å². The maximum Gasteiger partial charge on any atom is 0.298 e. The summed E-state index contributed by atoms with van der Waals surface area (Å²) < 4.78 is 11.2. The second kappa shape index (κ2) is 10.3. The van der Waals surface area contributed by atoms with Crippen molar-refractivity contribution in [1.29, 1.82) is 0 Å². The molecular formula is C26H22N2O5S. The Morgan fingerprint density at radius 2 is 1.74 bits per heavy atom. The lowest BCUT2D eigenvalue weighted by Crippen LogP contribution is -2.27. The molecule has 4 rings (SSSR count). The minimum atomic E-state index is -0.424. The topological polar surface area (TPSA) is 84.9 Å². The van der Waals surface area contributed by atoms with E-state index in [1.165, 1.54) is 7.11 Å². The molecule has 0 aliphatic carbocycles. The van der Waals surface area contributed by atoms with Gasteiger partial charge in [-0.1, -0.05) is 48.0 Å². The van der Waals surface area contributed by atoms with E-state index in [9.17, 15) is 14.4 Å². The summed E-state index contributed by atoms with van der Waals surface area (Å²) in [5.41, 5.74) is 2.77. The second-order valence-electron chi connectivity index (χ2n) is 7.43. The molecule has 1 heterocycles. The quantitative estimate of drug-likeness (QED) is 0.470. The van der Waals surface area contributed by atoms with E-state index >= 15 is 0 Å². The fourth-order valence-corrected chi connectivity index (χ4v) is 4.17. The van der Waals surface area contributed by atoms with Crippen LogP contribution in [0.1, 0.15) is 11.1 Å². The number of hydrogen-bond acceptors (Lipinski definition) is 6. The van der Waals surface area contributed by atoms with Crippen LogP contribution in [0.3, 0.4) is 0 Å². The first-order valence-corrected chi connectivity index (χ1v) is 11.3.